The number of hydrogen-bond donors (Lipinski definition) is 1. The Morgan fingerprint density at radius 1 is 1.26 bits per heavy atom. The first-order chi connectivity index (χ1) is 9.20. The van der Waals surface area contributed by atoms with Crippen LogP contribution in [0.25, 0.3) is 0 Å². The van der Waals surface area contributed by atoms with Crippen LogP contribution in [-0.4, -0.2) is 12.6 Å². The average molecular weight is 263 g/mol. The van der Waals surface area contributed by atoms with Crippen molar-refractivity contribution in [1.29, 1.82) is 0 Å². The molecule has 2 unspecified atom stereocenters. The smallest absolute Gasteiger partial charge is 0.123 e. The van der Waals surface area contributed by atoms with Crippen molar-refractivity contribution in [2.75, 3.05) is 6.54 Å². The normalized spacial score (nSPS) is 24.2. The van der Waals surface area contributed by atoms with Gasteiger partial charge >= 0.3 is 0 Å². The zero-order chi connectivity index (χ0) is 13.7. The minimum absolute atomic E-state index is 0.115. The van der Waals surface area contributed by atoms with Crippen LogP contribution < -0.4 is 5.32 Å². The number of benzene rings is 1. The lowest BCUT2D eigenvalue weighted by Crippen LogP contribution is -2.30. The summed E-state index contributed by atoms with van der Waals surface area (Å²) in [4.78, 5) is 0. The minimum Gasteiger partial charge on any atom is -0.314 e. The summed E-state index contributed by atoms with van der Waals surface area (Å²) in [5.74, 6) is 0.480. The van der Waals surface area contributed by atoms with Gasteiger partial charge in [0.15, 0.2) is 0 Å². The van der Waals surface area contributed by atoms with Crippen molar-refractivity contribution in [2.45, 2.75) is 64.3 Å². The largest absolute Gasteiger partial charge is 0.314 e. The van der Waals surface area contributed by atoms with Crippen molar-refractivity contribution in [2.24, 2.45) is 0 Å². The first-order valence-electron chi connectivity index (χ1n) is 7.70. The zero-order valence-electron chi connectivity index (χ0n) is 12.2. The molecule has 1 fully saturated rings. The van der Waals surface area contributed by atoms with Crippen molar-refractivity contribution < 1.29 is 4.39 Å². The molecule has 0 heterocycles. The number of halogens is 1. The number of rotatable bonds is 4. The molecule has 106 valence electrons. The SMILES string of the molecule is CCCNC1CCCCC(c2ccc(F)cc2C)C1. The molecule has 0 amide bonds. The highest BCUT2D eigenvalue weighted by Crippen LogP contribution is 2.33. The Bertz CT molecular complexity index is 402. The molecule has 1 aromatic rings. The molecule has 2 rings (SSSR count). The summed E-state index contributed by atoms with van der Waals surface area (Å²) < 4.78 is 13.2. The second-order valence-electron chi connectivity index (χ2n) is 5.87. The molecule has 2 heteroatoms. The van der Waals surface area contributed by atoms with Crippen LogP contribution in [0, 0.1) is 12.7 Å². The molecule has 0 spiro atoms. The third-order valence-electron chi connectivity index (χ3n) is 4.28. The molecule has 0 aliphatic heterocycles. The van der Waals surface area contributed by atoms with Crippen LogP contribution in [0.5, 0.6) is 0 Å². The highest BCUT2D eigenvalue weighted by Gasteiger charge is 2.22. The van der Waals surface area contributed by atoms with E-state index in [-0.39, 0.29) is 5.82 Å². The molecule has 1 aliphatic carbocycles. The van der Waals surface area contributed by atoms with Gasteiger partial charge in [0.05, 0.1) is 0 Å². The van der Waals surface area contributed by atoms with Crippen molar-refractivity contribution in [3.05, 3.63) is 35.1 Å². The fourth-order valence-electron chi connectivity index (χ4n) is 3.27. The first-order valence-corrected chi connectivity index (χ1v) is 7.70. The predicted octanol–water partition coefficient (Wildman–Crippen LogP) is 4.55. The van der Waals surface area contributed by atoms with Crippen molar-refractivity contribution in [1.82, 2.24) is 5.32 Å². The Labute approximate surface area is 116 Å². The molecule has 19 heavy (non-hydrogen) atoms. The van der Waals surface area contributed by atoms with Crippen molar-refractivity contribution in [3.8, 4) is 0 Å². The molecule has 1 nitrogen and oxygen atoms in total. The van der Waals surface area contributed by atoms with E-state index in [1.807, 2.05) is 13.0 Å². The molecule has 0 saturated heterocycles. The maximum absolute atomic E-state index is 13.2. The Morgan fingerprint density at radius 2 is 2.05 bits per heavy atom. The van der Waals surface area contributed by atoms with Crippen LogP contribution in [0.2, 0.25) is 0 Å². The van der Waals surface area contributed by atoms with Crippen LogP contribution in [0.4, 0.5) is 4.39 Å². The van der Waals surface area contributed by atoms with Gasteiger partial charge in [0, 0.05) is 6.04 Å². The summed E-state index contributed by atoms with van der Waals surface area (Å²) in [6.45, 7) is 5.36. The lowest BCUT2D eigenvalue weighted by atomic mass is 9.87. The highest BCUT2D eigenvalue weighted by molar-refractivity contribution is 5.30. The Morgan fingerprint density at radius 3 is 2.79 bits per heavy atom. The van der Waals surface area contributed by atoms with Gasteiger partial charge in [-0.05, 0) is 68.3 Å². The summed E-state index contributed by atoms with van der Waals surface area (Å²) in [7, 11) is 0. The van der Waals surface area contributed by atoms with E-state index in [9.17, 15) is 4.39 Å². The van der Waals surface area contributed by atoms with E-state index >= 15 is 0 Å². The van der Waals surface area contributed by atoms with E-state index < -0.39 is 0 Å². The zero-order valence-corrected chi connectivity index (χ0v) is 12.2. The van der Waals surface area contributed by atoms with Crippen LogP contribution in [0.1, 0.15) is 62.5 Å². The molecule has 1 aromatic carbocycles. The molecule has 0 radical (unpaired) electrons. The summed E-state index contributed by atoms with van der Waals surface area (Å²) >= 11 is 0. The lowest BCUT2D eigenvalue weighted by Gasteiger charge is -2.22. The van der Waals surface area contributed by atoms with Crippen molar-refractivity contribution in [3.63, 3.8) is 0 Å². The molecule has 0 bridgehead atoms. The summed E-state index contributed by atoms with van der Waals surface area (Å²) in [6.07, 6.45) is 7.54. The van der Waals surface area contributed by atoms with Gasteiger partial charge in [-0.3, -0.25) is 0 Å². The maximum Gasteiger partial charge on any atom is 0.123 e. The molecular formula is C17H26FN. The topological polar surface area (TPSA) is 12.0 Å². The maximum atomic E-state index is 13.2. The third-order valence-corrected chi connectivity index (χ3v) is 4.28. The van der Waals surface area contributed by atoms with Gasteiger partial charge in [-0.1, -0.05) is 25.8 Å². The predicted molar refractivity (Wildman–Crippen MR) is 79.0 cm³/mol. The molecular weight excluding hydrogens is 237 g/mol. The summed E-state index contributed by atoms with van der Waals surface area (Å²) in [6, 6.07) is 5.92. The second-order valence-corrected chi connectivity index (χ2v) is 5.87. The van der Waals surface area contributed by atoms with Crippen LogP contribution in [0.3, 0.4) is 0 Å². The number of nitrogens with one attached hydrogen (secondary N) is 1. The number of hydrogen-bond acceptors (Lipinski definition) is 1. The molecule has 1 saturated carbocycles. The van der Waals surface area contributed by atoms with Gasteiger partial charge in [-0.15, -0.1) is 0 Å². The van der Waals surface area contributed by atoms with Crippen molar-refractivity contribution >= 4 is 0 Å². The first kappa shape index (κ1) is 14.5. The quantitative estimate of drug-likeness (QED) is 0.786. The molecule has 0 aromatic heterocycles. The van der Waals surface area contributed by atoms with E-state index in [1.165, 1.54) is 44.1 Å². The number of aryl methyl sites for hydroxylation is 1. The lowest BCUT2D eigenvalue weighted by molar-refractivity contribution is 0.439. The van der Waals surface area contributed by atoms with E-state index in [1.54, 1.807) is 12.1 Å². The van der Waals surface area contributed by atoms with Gasteiger partial charge in [-0.2, -0.15) is 0 Å². The monoisotopic (exact) mass is 263 g/mol. The second kappa shape index (κ2) is 7.04. The fraction of sp³-hybridized carbons (Fsp3) is 0.647. The Balaban J connectivity index is 2.08. The highest BCUT2D eigenvalue weighted by atomic mass is 19.1. The van der Waals surface area contributed by atoms with E-state index in [0.29, 0.717) is 12.0 Å². The molecule has 1 aliphatic rings. The Kier molecular flexibility index (Phi) is 5.38. The molecule has 2 atom stereocenters. The van der Waals surface area contributed by atoms with Gasteiger partial charge in [0.2, 0.25) is 0 Å². The average Bonchev–Trinajstić information content (AvgIpc) is 2.62. The van der Waals surface area contributed by atoms with Gasteiger partial charge in [-0.25, -0.2) is 4.39 Å². The van der Waals surface area contributed by atoms with Gasteiger partial charge < -0.3 is 5.32 Å². The van der Waals surface area contributed by atoms with Crippen LogP contribution in [0.15, 0.2) is 18.2 Å². The summed E-state index contributed by atoms with van der Waals surface area (Å²) in [5.41, 5.74) is 2.47. The van der Waals surface area contributed by atoms with E-state index in [0.717, 1.165) is 12.1 Å². The van der Waals surface area contributed by atoms with E-state index in [2.05, 4.69) is 12.2 Å². The standard InChI is InChI=1S/C17H26FN/c1-3-10-19-16-7-5-4-6-14(12-16)17-9-8-15(18)11-13(17)2/h8-9,11,14,16,19H,3-7,10,12H2,1-2H3. The van der Waals surface area contributed by atoms with Gasteiger partial charge in [0.25, 0.3) is 0 Å². The van der Waals surface area contributed by atoms with Crippen LogP contribution >= 0.6 is 0 Å². The summed E-state index contributed by atoms with van der Waals surface area (Å²) in [5, 5.41) is 3.67. The molecule has 1 N–H and O–H groups in total. The Hall–Kier alpha value is -0.890. The minimum atomic E-state index is -0.115. The fourth-order valence-corrected chi connectivity index (χ4v) is 3.27. The van der Waals surface area contributed by atoms with E-state index in [4.69, 9.17) is 0 Å². The van der Waals surface area contributed by atoms with Gasteiger partial charge in [0.1, 0.15) is 5.82 Å². The van der Waals surface area contributed by atoms with Crippen LogP contribution in [-0.2, 0) is 0 Å². The third kappa shape index (κ3) is 4.04.